The van der Waals surface area contributed by atoms with Gasteiger partial charge in [-0.2, -0.15) is 4.99 Å². The smallest absolute Gasteiger partial charge is 0.346 e. The van der Waals surface area contributed by atoms with Gasteiger partial charge in [0.1, 0.15) is 11.4 Å². The molecule has 1 saturated heterocycles. The SMILES string of the molecule is CCCN1C(=O)N=C(N)C12CCN(CC)CC2. The molecule has 0 saturated carbocycles. The molecule has 0 radical (unpaired) electrons. The van der Waals surface area contributed by atoms with E-state index in [2.05, 4.69) is 23.7 Å². The zero-order valence-electron chi connectivity index (χ0n) is 10.8. The Hall–Kier alpha value is -1.10. The molecule has 2 rings (SSSR count). The topological polar surface area (TPSA) is 61.9 Å². The number of amidine groups is 1. The van der Waals surface area contributed by atoms with E-state index in [1.807, 2.05) is 4.90 Å². The van der Waals surface area contributed by atoms with Crippen molar-refractivity contribution in [1.29, 1.82) is 0 Å². The molecule has 0 aliphatic carbocycles. The van der Waals surface area contributed by atoms with E-state index in [4.69, 9.17) is 5.73 Å². The number of nitrogens with two attached hydrogens (primary N) is 1. The molecule has 0 aromatic carbocycles. The van der Waals surface area contributed by atoms with Gasteiger partial charge in [0.2, 0.25) is 0 Å². The van der Waals surface area contributed by atoms with Gasteiger partial charge in [-0.1, -0.05) is 13.8 Å². The second-order valence-corrected chi connectivity index (χ2v) is 4.90. The summed E-state index contributed by atoms with van der Waals surface area (Å²) >= 11 is 0. The number of carbonyl (C=O) groups is 1. The molecule has 1 fully saturated rings. The molecule has 1 spiro atoms. The summed E-state index contributed by atoms with van der Waals surface area (Å²) in [7, 11) is 0. The Morgan fingerprint density at radius 2 is 2.00 bits per heavy atom. The van der Waals surface area contributed by atoms with Crippen molar-refractivity contribution in [2.45, 2.75) is 38.6 Å². The third kappa shape index (κ3) is 1.92. The van der Waals surface area contributed by atoms with Gasteiger partial charge in [-0.3, -0.25) is 0 Å². The predicted octanol–water partition coefficient (Wildman–Crippen LogP) is 1.04. The van der Waals surface area contributed by atoms with Gasteiger partial charge in [-0.05, 0) is 25.8 Å². The van der Waals surface area contributed by atoms with E-state index in [9.17, 15) is 4.79 Å². The van der Waals surface area contributed by atoms with Gasteiger partial charge in [0, 0.05) is 19.6 Å². The van der Waals surface area contributed by atoms with Gasteiger partial charge in [0.15, 0.2) is 0 Å². The minimum absolute atomic E-state index is 0.144. The summed E-state index contributed by atoms with van der Waals surface area (Å²) in [5, 5.41) is 0. The number of aliphatic imine (C=N–C) groups is 1. The van der Waals surface area contributed by atoms with E-state index in [0.29, 0.717) is 5.84 Å². The number of piperidine rings is 1. The highest BCUT2D eigenvalue weighted by Gasteiger charge is 2.49. The van der Waals surface area contributed by atoms with Crippen LogP contribution in [0.4, 0.5) is 4.79 Å². The first-order valence-corrected chi connectivity index (χ1v) is 6.52. The van der Waals surface area contributed by atoms with Crippen molar-refractivity contribution in [3.8, 4) is 0 Å². The van der Waals surface area contributed by atoms with Crippen LogP contribution in [-0.4, -0.2) is 53.4 Å². The number of hydrogen-bond acceptors (Lipinski definition) is 3. The summed E-state index contributed by atoms with van der Waals surface area (Å²) in [6.07, 6.45) is 2.79. The molecule has 2 aliphatic heterocycles. The minimum Gasteiger partial charge on any atom is -0.385 e. The first kappa shape index (κ1) is 12.4. The average Bonchev–Trinajstić information content (AvgIpc) is 2.55. The highest BCUT2D eigenvalue weighted by molar-refractivity contribution is 6.05. The molecule has 2 aliphatic rings. The van der Waals surface area contributed by atoms with E-state index in [-0.39, 0.29) is 11.6 Å². The first-order chi connectivity index (χ1) is 8.14. The number of nitrogens with zero attached hydrogens (tertiary/aromatic N) is 3. The largest absolute Gasteiger partial charge is 0.385 e. The van der Waals surface area contributed by atoms with Crippen LogP contribution in [0.2, 0.25) is 0 Å². The zero-order chi connectivity index (χ0) is 12.5. The Balaban J connectivity index is 2.17. The molecule has 2 N–H and O–H groups in total. The first-order valence-electron chi connectivity index (χ1n) is 6.52. The molecule has 5 heteroatoms. The number of carbonyl (C=O) groups excluding carboxylic acids is 1. The molecular weight excluding hydrogens is 216 g/mol. The lowest BCUT2D eigenvalue weighted by Crippen LogP contribution is -2.59. The van der Waals surface area contributed by atoms with E-state index < -0.39 is 0 Å². The Kier molecular flexibility index (Phi) is 3.38. The lowest BCUT2D eigenvalue weighted by atomic mass is 9.85. The van der Waals surface area contributed by atoms with Crippen molar-refractivity contribution in [3.05, 3.63) is 0 Å². The summed E-state index contributed by atoms with van der Waals surface area (Å²) in [6.45, 7) is 8.07. The van der Waals surface area contributed by atoms with E-state index in [0.717, 1.165) is 45.4 Å². The fraction of sp³-hybridized carbons (Fsp3) is 0.833. The normalized spacial score (nSPS) is 24.5. The lowest BCUT2D eigenvalue weighted by molar-refractivity contribution is 0.103. The fourth-order valence-electron chi connectivity index (χ4n) is 2.89. The summed E-state index contributed by atoms with van der Waals surface area (Å²) < 4.78 is 0. The quantitative estimate of drug-likeness (QED) is 0.799. The third-order valence-corrected chi connectivity index (χ3v) is 4.02. The average molecular weight is 238 g/mol. The van der Waals surface area contributed by atoms with Crippen LogP contribution in [0.5, 0.6) is 0 Å². The van der Waals surface area contributed by atoms with Gasteiger partial charge in [-0.25, -0.2) is 4.79 Å². The van der Waals surface area contributed by atoms with Gasteiger partial charge in [0.25, 0.3) is 0 Å². The van der Waals surface area contributed by atoms with Crippen molar-refractivity contribution in [1.82, 2.24) is 9.80 Å². The predicted molar refractivity (Wildman–Crippen MR) is 68.1 cm³/mol. The van der Waals surface area contributed by atoms with Crippen LogP contribution in [0.3, 0.4) is 0 Å². The molecule has 0 aromatic heterocycles. The van der Waals surface area contributed by atoms with Crippen LogP contribution in [0.1, 0.15) is 33.1 Å². The molecule has 0 unspecified atom stereocenters. The number of rotatable bonds is 3. The number of urea groups is 1. The maximum absolute atomic E-state index is 11.8. The van der Waals surface area contributed by atoms with Gasteiger partial charge < -0.3 is 15.5 Å². The maximum Gasteiger partial charge on any atom is 0.346 e. The zero-order valence-corrected chi connectivity index (χ0v) is 10.8. The Morgan fingerprint density at radius 1 is 1.35 bits per heavy atom. The molecule has 5 nitrogen and oxygen atoms in total. The molecule has 17 heavy (non-hydrogen) atoms. The minimum atomic E-state index is -0.279. The summed E-state index contributed by atoms with van der Waals surface area (Å²) in [5.74, 6) is 0.534. The van der Waals surface area contributed by atoms with Crippen LogP contribution < -0.4 is 5.73 Å². The van der Waals surface area contributed by atoms with Crippen LogP contribution in [-0.2, 0) is 0 Å². The lowest BCUT2D eigenvalue weighted by Gasteiger charge is -2.44. The third-order valence-electron chi connectivity index (χ3n) is 4.02. The molecule has 0 bridgehead atoms. The van der Waals surface area contributed by atoms with E-state index in [1.54, 1.807) is 0 Å². The monoisotopic (exact) mass is 238 g/mol. The maximum atomic E-state index is 11.8. The van der Waals surface area contributed by atoms with Gasteiger partial charge in [-0.15, -0.1) is 0 Å². The molecule has 2 amide bonds. The standard InChI is InChI=1S/C12H22N4O/c1-3-7-16-11(17)14-10(13)12(16)5-8-15(4-2)9-6-12/h3-9H2,1-2H3,(H2,13,14,17). The molecule has 96 valence electrons. The van der Waals surface area contributed by atoms with Crippen LogP contribution in [0.25, 0.3) is 0 Å². The number of hydrogen-bond donors (Lipinski definition) is 1. The van der Waals surface area contributed by atoms with Crippen molar-refractivity contribution >= 4 is 11.9 Å². The second-order valence-electron chi connectivity index (χ2n) is 4.90. The summed E-state index contributed by atoms with van der Waals surface area (Å²) in [5.41, 5.74) is 5.73. The molecule has 0 atom stereocenters. The number of likely N-dealkylation sites (tertiary alicyclic amines) is 1. The Bertz CT molecular complexity index is 331. The second kappa shape index (κ2) is 4.64. The molecule has 0 aromatic rings. The highest BCUT2D eigenvalue weighted by Crippen LogP contribution is 2.33. The van der Waals surface area contributed by atoms with E-state index in [1.165, 1.54) is 0 Å². The summed E-state index contributed by atoms with van der Waals surface area (Å²) in [4.78, 5) is 20.1. The van der Waals surface area contributed by atoms with Gasteiger partial charge in [0.05, 0.1) is 0 Å². The van der Waals surface area contributed by atoms with Crippen molar-refractivity contribution in [2.75, 3.05) is 26.2 Å². The highest BCUT2D eigenvalue weighted by atomic mass is 16.2. The van der Waals surface area contributed by atoms with Gasteiger partial charge >= 0.3 is 6.03 Å². The molecular formula is C12H22N4O. The van der Waals surface area contributed by atoms with Crippen molar-refractivity contribution < 1.29 is 4.79 Å². The van der Waals surface area contributed by atoms with Crippen LogP contribution in [0, 0.1) is 0 Å². The summed E-state index contributed by atoms with van der Waals surface area (Å²) in [6, 6.07) is -0.144. The Labute approximate surface area is 103 Å². The Morgan fingerprint density at radius 3 is 2.53 bits per heavy atom. The van der Waals surface area contributed by atoms with Crippen LogP contribution in [0.15, 0.2) is 4.99 Å². The number of amides is 2. The van der Waals surface area contributed by atoms with Crippen molar-refractivity contribution in [2.24, 2.45) is 10.7 Å². The van der Waals surface area contributed by atoms with Crippen LogP contribution >= 0.6 is 0 Å². The fourth-order valence-corrected chi connectivity index (χ4v) is 2.89. The molecule has 2 heterocycles. The van der Waals surface area contributed by atoms with Crippen molar-refractivity contribution in [3.63, 3.8) is 0 Å². The van der Waals surface area contributed by atoms with E-state index >= 15 is 0 Å².